The van der Waals surface area contributed by atoms with Crippen molar-refractivity contribution >= 4 is 23.1 Å². The van der Waals surface area contributed by atoms with E-state index in [0.717, 1.165) is 53.8 Å². The van der Waals surface area contributed by atoms with Crippen LogP contribution in [0, 0.1) is 6.92 Å². The number of benzene rings is 2. The van der Waals surface area contributed by atoms with Crippen molar-refractivity contribution in [3.05, 3.63) is 71.1 Å². The maximum absolute atomic E-state index is 5.91. The fraction of sp³-hybridized carbons (Fsp3) is 0.238. The highest BCUT2D eigenvalue weighted by molar-refractivity contribution is 6.30. The molecule has 0 saturated heterocycles. The Labute approximate surface area is 163 Å². The highest BCUT2D eigenvalue weighted by Crippen LogP contribution is 2.31. The summed E-state index contributed by atoms with van der Waals surface area (Å²) in [5.41, 5.74) is 2.15. The zero-order valence-electron chi connectivity index (χ0n) is 15.1. The average molecular weight is 381 g/mol. The van der Waals surface area contributed by atoms with E-state index in [4.69, 9.17) is 16.3 Å². The molecular formula is C21H21ClN4O. The second-order valence-electron chi connectivity index (χ2n) is 6.57. The fourth-order valence-electron chi connectivity index (χ4n) is 3.15. The summed E-state index contributed by atoms with van der Waals surface area (Å²) >= 11 is 5.91. The number of hydrogen-bond donors (Lipinski definition) is 2. The van der Waals surface area contributed by atoms with Gasteiger partial charge in [-0.15, -0.1) is 0 Å². The van der Waals surface area contributed by atoms with E-state index in [-0.39, 0.29) is 6.04 Å². The number of aryl methyl sites for hydroxylation is 1. The Bertz CT molecular complexity index is 912. The van der Waals surface area contributed by atoms with Crippen LogP contribution in [0.3, 0.4) is 0 Å². The topological polar surface area (TPSA) is 59.1 Å². The van der Waals surface area contributed by atoms with Gasteiger partial charge >= 0.3 is 0 Å². The normalized spacial score (nSPS) is 16.0. The van der Waals surface area contributed by atoms with Crippen LogP contribution in [0.2, 0.25) is 5.02 Å². The first kappa shape index (κ1) is 17.6. The molecule has 0 bridgehead atoms. The molecule has 2 heterocycles. The quantitative estimate of drug-likeness (QED) is 0.617. The number of fused-ring (bicyclic) bond motifs is 1. The highest BCUT2D eigenvalue weighted by Gasteiger charge is 2.20. The second-order valence-corrected chi connectivity index (χ2v) is 7.00. The van der Waals surface area contributed by atoms with Gasteiger partial charge in [0.05, 0.1) is 6.04 Å². The lowest BCUT2D eigenvalue weighted by molar-refractivity contribution is 0.483. The standard InChI is InChI=1S/C21H21ClN4O/c1-14-24-13-19-20(3-2-12-23-21(19)25-14)26-16-6-10-18(11-7-16)27-17-8-4-15(22)5-9-17/h4-11,13,20,26H,2-3,12H2,1H3,(H,23,24,25). The van der Waals surface area contributed by atoms with Crippen LogP contribution >= 0.6 is 11.6 Å². The molecule has 27 heavy (non-hydrogen) atoms. The first-order chi connectivity index (χ1) is 13.2. The van der Waals surface area contributed by atoms with Crippen molar-refractivity contribution in [2.24, 2.45) is 0 Å². The molecule has 1 unspecified atom stereocenters. The van der Waals surface area contributed by atoms with E-state index in [1.54, 1.807) is 0 Å². The molecule has 3 aromatic rings. The second kappa shape index (κ2) is 7.84. The molecule has 0 spiro atoms. The van der Waals surface area contributed by atoms with E-state index in [1.165, 1.54) is 0 Å². The highest BCUT2D eigenvalue weighted by atomic mass is 35.5. The van der Waals surface area contributed by atoms with Crippen LogP contribution < -0.4 is 15.4 Å². The van der Waals surface area contributed by atoms with Gasteiger partial charge in [0.2, 0.25) is 0 Å². The minimum atomic E-state index is 0.179. The summed E-state index contributed by atoms with van der Waals surface area (Å²) in [5.74, 6) is 3.26. The van der Waals surface area contributed by atoms with Gasteiger partial charge < -0.3 is 15.4 Å². The summed E-state index contributed by atoms with van der Waals surface area (Å²) in [6.07, 6.45) is 4.02. The van der Waals surface area contributed by atoms with E-state index < -0.39 is 0 Å². The summed E-state index contributed by atoms with van der Waals surface area (Å²) in [4.78, 5) is 8.91. The summed E-state index contributed by atoms with van der Waals surface area (Å²) in [5, 5.41) is 7.70. The summed E-state index contributed by atoms with van der Waals surface area (Å²) < 4.78 is 5.85. The Morgan fingerprint density at radius 3 is 2.52 bits per heavy atom. The molecule has 138 valence electrons. The molecule has 0 saturated carbocycles. The summed E-state index contributed by atoms with van der Waals surface area (Å²) in [6, 6.07) is 15.5. The van der Waals surface area contributed by atoms with E-state index in [9.17, 15) is 0 Å². The van der Waals surface area contributed by atoms with Gasteiger partial charge in [0.15, 0.2) is 0 Å². The van der Waals surface area contributed by atoms with Crippen molar-refractivity contribution in [2.75, 3.05) is 17.2 Å². The molecule has 1 aromatic heterocycles. The van der Waals surface area contributed by atoms with E-state index in [0.29, 0.717) is 5.02 Å². The predicted octanol–water partition coefficient (Wildman–Crippen LogP) is 5.59. The largest absolute Gasteiger partial charge is 0.457 e. The number of nitrogens with one attached hydrogen (secondary N) is 2. The van der Waals surface area contributed by atoms with Crippen molar-refractivity contribution in [2.45, 2.75) is 25.8 Å². The zero-order chi connectivity index (χ0) is 18.6. The first-order valence-electron chi connectivity index (χ1n) is 9.05. The van der Waals surface area contributed by atoms with Crippen molar-refractivity contribution < 1.29 is 4.74 Å². The molecule has 0 radical (unpaired) electrons. The van der Waals surface area contributed by atoms with Crippen LogP contribution in [0.1, 0.15) is 30.3 Å². The molecule has 0 amide bonds. The van der Waals surface area contributed by atoms with Crippen LogP contribution in [-0.2, 0) is 0 Å². The van der Waals surface area contributed by atoms with Crippen molar-refractivity contribution in [1.82, 2.24) is 9.97 Å². The van der Waals surface area contributed by atoms with E-state index in [2.05, 4.69) is 20.6 Å². The zero-order valence-corrected chi connectivity index (χ0v) is 15.8. The summed E-state index contributed by atoms with van der Waals surface area (Å²) in [6.45, 7) is 2.84. The Kier molecular flexibility index (Phi) is 5.12. The van der Waals surface area contributed by atoms with Gasteiger partial charge in [-0.25, -0.2) is 9.97 Å². The van der Waals surface area contributed by atoms with Crippen LogP contribution in [0.15, 0.2) is 54.7 Å². The first-order valence-corrected chi connectivity index (χ1v) is 9.42. The molecular weight excluding hydrogens is 360 g/mol. The van der Waals surface area contributed by atoms with Crippen LogP contribution in [0.4, 0.5) is 11.5 Å². The molecule has 2 N–H and O–H groups in total. The molecule has 4 rings (SSSR count). The van der Waals surface area contributed by atoms with Gasteiger partial charge in [0.25, 0.3) is 0 Å². The molecule has 0 aliphatic carbocycles. The van der Waals surface area contributed by atoms with Gasteiger partial charge in [0.1, 0.15) is 23.1 Å². The molecule has 2 aromatic carbocycles. The minimum absolute atomic E-state index is 0.179. The Balaban J connectivity index is 1.47. The van der Waals surface area contributed by atoms with Crippen molar-refractivity contribution in [3.63, 3.8) is 0 Å². The maximum Gasteiger partial charge on any atom is 0.134 e. The van der Waals surface area contributed by atoms with Crippen molar-refractivity contribution in [3.8, 4) is 11.5 Å². The SMILES string of the molecule is Cc1ncc2c(n1)NCCCC2Nc1ccc(Oc2ccc(Cl)cc2)cc1. The van der Waals surface area contributed by atoms with E-state index in [1.807, 2.05) is 61.7 Å². The Hall–Kier alpha value is -2.79. The predicted molar refractivity (Wildman–Crippen MR) is 109 cm³/mol. The van der Waals surface area contributed by atoms with Gasteiger partial charge in [-0.05, 0) is 68.3 Å². The van der Waals surface area contributed by atoms with Gasteiger partial charge in [-0.2, -0.15) is 0 Å². The third kappa shape index (κ3) is 4.31. The minimum Gasteiger partial charge on any atom is -0.457 e. The molecule has 1 aliphatic heterocycles. The monoisotopic (exact) mass is 380 g/mol. The number of rotatable bonds is 4. The van der Waals surface area contributed by atoms with Crippen LogP contribution in [0.25, 0.3) is 0 Å². The number of ether oxygens (including phenoxy) is 1. The molecule has 1 aliphatic rings. The van der Waals surface area contributed by atoms with Crippen LogP contribution in [0.5, 0.6) is 11.5 Å². The fourth-order valence-corrected chi connectivity index (χ4v) is 3.28. The molecule has 0 fully saturated rings. The lowest BCUT2D eigenvalue weighted by Crippen LogP contribution is -2.12. The third-order valence-corrected chi connectivity index (χ3v) is 4.77. The van der Waals surface area contributed by atoms with Gasteiger partial charge in [-0.3, -0.25) is 0 Å². The smallest absolute Gasteiger partial charge is 0.134 e. The average Bonchev–Trinajstić information content (AvgIpc) is 2.87. The molecule has 6 heteroatoms. The maximum atomic E-state index is 5.91. The van der Waals surface area contributed by atoms with Crippen molar-refractivity contribution in [1.29, 1.82) is 0 Å². The van der Waals surface area contributed by atoms with Gasteiger partial charge in [-0.1, -0.05) is 11.6 Å². The van der Waals surface area contributed by atoms with E-state index >= 15 is 0 Å². The third-order valence-electron chi connectivity index (χ3n) is 4.52. The molecule has 5 nitrogen and oxygen atoms in total. The Morgan fingerprint density at radius 2 is 1.78 bits per heavy atom. The number of hydrogen-bond acceptors (Lipinski definition) is 5. The Morgan fingerprint density at radius 1 is 1.07 bits per heavy atom. The van der Waals surface area contributed by atoms with Crippen LogP contribution in [-0.4, -0.2) is 16.5 Å². The van der Waals surface area contributed by atoms with Gasteiger partial charge in [0, 0.05) is 29.0 Å². The number of aromatic nitrogens is 2. The lowest BCUT2D eigenvalue weighted by atomic mass is 10.0. The molecule has 1 atom stereocenters. The number of nitrogens with zero attached hydrogens (tertiary/aromatic N) is 2. The number of halogens is 1. The lowest BCUT2D eigenvalue weighted by Gasteiger charge is -2.19. The number of anilines is 2. The summed E-state index contributed by atoms with van der Waals surface area (Å²) in [7, 11) is 0.